The summed E-state index contributed by atoms with van der Waals surface area (Å²) in [7, 11) is 0. The molecule has 0 radical (unpaired) electrons. The van der Waals surface area contributed by atoms with Gasteiger partial charge in [0.15, 0.2) is 0 Å². The largest absolute Gasteiger partial charge is 0.355 e. The number of carbonyl (C=O) groups is 1. The minimum atomic E-state index is -0.210. The molecule has 94 valence electrons. The third-order valence-corrected chi connectivity index (χ3v) is 2.57. The summed E-state index contributed by atoms with van der Waals surface area (Å²) >= 11 is 0. The highest BCUT2D eigenvalue weighted by Crippen LogP contribution is 2.08. The van der Waals surface area contributed by atoms with Crippen LogP contribution in [0.1, 0.15) is 38.9 Å². The Labute approximate surface area is 103 Å². The normalized spacial score (nSPS) is 14.1. The maximum absolute atomic E-state index is 11.7. The highest BCUT2D eigenvalue weighted by atomic mass is 16.2. The maximum Gasteiger partial charge on any atom is 0.236 e. The molecule has 1 unspecified atom stereocenters. The Bertz CT molecular complexity index is 340. The summed E-state index contributed by atoms with van der Waals surface area (Å²) in [6, 6.07) is 5.64. The van der Waals surface area contributed by atoms with Crippen LogP contribution in [-0.4, -0.2) is 23.5 Å². The number of pyridine rings is 1. The summed E-state index contributed by atoms with van der Waals surface area (Å²) in [6.07, 6.45) is 2.71. The van der Waals surface area contributed by atoms with Gasteiger partial charge in [0.2, 0.25) is 5.91 Å². The van der Waals surface area contributed by atoms with E-state index in [1.165, 1.54) is 0 Å². The Morgan fingerprint density at radius 3 is 2.76 bits per heavy atom. The molecule has 0 saturated carbocycles. The number of carbonyl (C=O) groups excluding carboxylic acids is 1. The molecule has 0 aliphatic carbocycles. The molecule has 0 spiro atoms. The number of hydrogen-bond acceptors (Lipinski definition) is 3. The smallest absolute Gasteiger partial charge is 0.236 e. The van der Waals surface area contributed by atoms with Gasteiger partial charge in [0.25, 0.3) is 0 Å². The lowest BCUT2D eigenvalue weighted by Gasteiger charge is -2.19. The van der Waals surface area contributed by atoms with Crippen molar-refractivity contribution in [2.45, 2.75) is 39.3 Å². The Kier molecular flexibility index (Phi) is 5.63. The third-order valence-electron chi connectivity index (χ3n) is 2.57. The Balaban J connectivity index is 2.45. The quantitative estimate of drug-likeness (QED) is 0.788. The SMILES string of the molecule is CCCNC(=O)C(C)N[C@@H](C)c1ccccn1. The van der Waals surface area contributed by atoms with Gasteiger partial charge in [0, 0.05) is 18.8 Å². The number of rotatable bonds is 6. The van der Waals surface area contributed by atoms with Crippen LogP contribution < -0.4 is 10.6 Å². The van der Waals surface area contributed by atoms with Gasteiger partial charge in [-0.05, 0) is 32.4 Å². The van der Waals surface area contributed by atoms with Crippen LogP contribution in [0.5, 0.6) is 0 Å². The van der Waals surface area contributed by atoms with Crippen molar-refractivity contribution in [2.24, 2.45) is 0 Å². The average Bonchev–Trinajstić information content (AvgIpc) is 2.36. The van der Waals surface area contributed by atoms with Crippen LogP contribution in [0, 0.1) is 0 Å². The zero-order valence-electron chi connectivity index (χ0n) is 10.7. The van der Waals surface area contributed by atoms with E-state index in [0.29, 0.717) is 0 Å². The second-order valence-corrected chi connectivity index (χ2v) is 4.16. The zero-order valence-corrected chi connectivity index (χ0v) is 10.7. The van der Waals surface area contributed by atoms with E-state index in [1.807, 2.05) is 39.0 Å². The number of nitrogens with zero attached hydrogens (tertiary/aromatic N) is 1. The number of nitrogens with one attached hydrogen (secondary N) is 2. The number of amides is 1. The summed E-state index contributed by atoms with van der Waals surface area (Å²) < 4.78 is 0. The number of hydrogen-bond donors (Lipinski definition) is 2. The predicted octanol–water partition coefficient (Wildman–Crippen LogP) is 1.65. The first-order valence-electron chi connectivity index (χ1n) is 6.09. The first-order chi connectivity index (χ1) is 8.15. The summed E-state index contributed by atoms with van der Waals surface area (Å²) in [5.41, 5.74) is 0.947. The Morgan fingerprint density at radius 1 is 1.41 bits per heavy atom. The monoisotopic (exact) mass is 235 g/mol. The van der Waals surface area contributed by atoms with Crippen LogP contribution in [0.15, 0.2) is 24.4 Å². The summed E-state index contributed by atoms with van der Waals surface area (Å²) in [6.45, 7) is 6.63. The Hall–Kier alpha value is -1.42. The van der Waals surface area contributed by atoms with Gasteiger partial charge in [0.1, 0.15) is 0 Å². The van der Waals surface area contributed by atoms with Gasteiger partial charge in [-0.15, -0.1) is 0 Å². The second-order valence-electron chi connectivity index (χ2n) is 4.16. The minimum Gasteiger partial charge on any atom is -0.355 e. The molecule has 17 heavy (non-hydrogen) atoms. The first kappa shape index (κ1) is 13.6. The summed E-state index contributed by atoms with van der Waals surface area (Å²) in [5, 5.41) is 6.10. The lowest BCUT2D eigenvalue weighted by atomic mass is 10.2. The van der Waals surface area contributed by atoms with Crippen LogP contribution in [0.4, 0.5) is 0 Å². The van der Waals surface area contributed by atoms with Crippen molar-refractivity contribution in [1.29, 1.82) is 0 Å². The highest BCUT2D eigenvalue weighted by molar-refractivity contribution is 5.81. The van der Waals surface area contributed by atoms with Crippen molar-refractivity contribution in [3.8, 4) is 0 Å². The van der Waals surface area contributed by atoms with Crippen LogP contribution in [0.25, 0.3) is 0 Å². The van der Waals surface area contributed by atoms with E-state index in [1.54, 1.807) is 6.20 Å². The fourth-order valence-corrected chi connectivity index (χ4v) is 1.57. The zero-order chi connectivity index (χ0) is 12.7. The lowest BCUT2D eigenvalue weighted by molar-refractivity contribution is -0.122. The molecule has 0 aromatic carbocycles. The van der Waals surface area contributed by atoms with Crippen molar-refractivity contribution in [1.82, 2.24) is 15.6 Å². The Morgan fingerprint density at radius 2 is 2.18 bits per heavy atom. The highest BCUT2D eigenvalue weighted by Gasteiger charge is 2.15. The van der Waals surface area contributed by atoms with Gasteiger partial charge in [0.05, 0.1) is 11.7 Å². The minimum absolute atomic E-state index is 0.0367. The third kappa shape index (κ3) is 4.53. The lowest BCUT2D eigenvalue weighted by Crippen LogP contribution is -2.43. The van der Waals surface area contributed by atoms with Crippen molar-refractivity contribution in [3.05, 3.63) is 30.1 Å². The van der Waals surface area contributed by atoms with Crippen molar-refractivity contribution in [3.63, 3.8) is 0 Å². The molecule has 0 fully saturated rings. The van der Waals surface area contributed by atoms with E-state index >= 15 is 0 Å². The first-order valence-corrected chi connectivity index (χ1v) is 6.09. The molecule has 2 atom stereocenters. The average molecular weight is 235 g/mol. The van der Waals surface area contributed by atoms with Gasteiger partial charge in [-0.3, -0.25) is 15.1 Å². The number of aromatic nitrogens is 1. The molecular weight excluding hydrogens is 214 g/mol. The van der Waals surface area contributed by atoms with E-state index in [4.69, 9.17) is 0 Å². The molecule has 4 nitrogen and oxygen atoms in total. The molecule has 1 heterocycles. The molecule has 0 saturated heterocycles. The van der Waals surface area contributed by atoms with E-state index in [9.17, 15) is 4.79 Å². The van der Waals surface area contributed by atoms with Crippen molar-refractivity contribution < 1.29 is 4.79 Å². The molecule has 1 rings (SSSR count). The fraction of sp³-hybridized carbons (Fsp3) is 0.538. The van der Waals surface area contributed by atoms with E-state index < -0.39 is 0 Å². The summed E-state index contributed by atoms with van der Waals surface area (Å²) in [4.78, 5) is 15.9. The van der Waals surface area contributed by atoms with E-state index in [-0.39, 0.29) is 18.0 Å². The fourth-order valence-electron chi connectivity index (χ4n) is 1.57. The van der Waals surface area contributed by atoms with Gasteiger partial charge in [-0.25, -0.2) is 0 Å². The standard InChI is InChI=1S/C13H21N3O/c1-4-8-15-13(17)11(3)16-10(2)12-7-5-6-9-14-12/h5-7,9-11,16H,4,8H2,1-3H3,(H,15,17)/t10-,11?/m0/s1. The molecule has 0 bridgehead atoms. The molecule has 1 aromatic heterocycles. The van der Waals surface area contributed by atoms with Gasteiger partial charge >= 0.3 is 0 Å². The van der Waals surface area contributed by atoms with Gasteiger partial charge in [-0.1, -0.05) is 13.0 Å². The second kappa shape index (κ2) is 7.01. The van der Waals surface area contributed by atoms with Crippen LogP contribution in [0.3, 0.4) is 0 Å². The van der Waals surface area contributed by atoms with Crippen LogP contribution in [0.2, 0.25) is 0 Å². The molecule has 2 N–H and O–H groups in total. The van der Waals surface area contributed by atoms with Gasteiger partial charge < -0.3 is 5.32 Å². The molecular formula is C13H21N3O. The van der Waals surface area contributed by atoms with Gasteiger partial charge in [-0.2, -0.15) is 0 Å². The summed E-state index contributed by atoms with van der Waals surface area (Å²) in [5.74, 6) is 0.0367. The van der Waals surface area contributed by atoms with E-state index in [2.05, 4.69) is 15.6 Å². The molecule has 0 aliphatic rings. The molecule has 0 aliphatic heterocycles. The topological polar surface area (TPSA) is 54.0 Å². The molecule has 4 heteroatoms. The van der Waals surface area contributed by atoms with Crippen LogP contribution >= 0.6 is 0 Å². The van der Waals surface area contributed by atoms with Crippen molar-refractivity contribution >= 4 is 5.91 Å². The van der Waals surface area contributed by atoms with Crippen molar-refractivity contribution in [2.75, 3.05) is 6.54 Å². The van der Waals surface area contributed by atoms with E-state index in [0.717, 1.165) is 18.7 Å². The van der Waals surface area contributed by atoms with Crippen LogP contribution in [-0.2, 0) is 4.79 Å². The molecule has 1 amide bonds. The molecule has 1 aromatic rings. The maximum atomic E-state index is 11.7. The predicted molar refractivity (Wildman–Crippen MR) is 68.6 cm³/mol.